The topological polar surface area (TPSA) is 27.7 Å². The minimum Gasteiger partial charge on any atom is -0.465 e. The number of benzene rings is 1. The molecule has 1 saturated carbocycles. The molecule has 4 aliphatic rings. The van der Waals surface area contributed by atoms with E-state index in [-0.39, 0.29) is 17.7 Å². The maximum Gasteiger partial charge on any atom is 0.199 e. The largest absolute Gasteiger partial charge is 0.465 e. The van der Waals surface area contributed by atoms with Gasteiger partial charge in [-0.2, -0.15) is 0 Å². The van der Waals surface area contributed by atoms with E-state index < -0.39 is 0 Å². The summed E-state index contributed by atoms with van der Waals surface area (Å²) in [6.45, 7) is 3.76. The van der Waals surface area contributed by atoms with Crippen LogP contribution in [0.15, 0.2) is 18.2 Å². The molecule has 3 nitrogen and oxygen atoms in total. The van der Waals surface area contributed by atoms with Crippen LogP contribution in [0.25, 0.3) is 0 Å². The lowest BCUT2D eigenvalue weighted by Crippen LogP contribution is -2.49. The molecular weight excluding hydrogens is 307 g/mol. The molecule has 0 amide bonds. The predicted molar refractivity (Wildman–Crippen MR) is 89.4 cm³/mol. The highest BCUT2D eigenvalue weighted by Gasteiger charge is 2.49. The summed E-state index contributed by atoms with van der Waals surface area (Å²) in [5, 5.41) is 0. The minimum atomic E-state index is -0.329. The Morgan fingerprint density at radius 2 is 2.00 bits per heavy atom. The summed E-state index contributed by atoms with van der Waals surface area (Å²) in [7, 11) is 0. The van der Waals surface area contributed by atoms with Crippen LogP contribution in [0.2, 0.25) is 0 Å². The third-order valence-electron chi connectivity index (χ3n) is 6.33. The molecule has 1 aromatic carbocycles. The predicted octanol–water partition coefficient (Wildman–Crippen LogP) is 4.93. The molecule has 24 heavy (non-hydrogen) atoms. The first-order valence-corrected chi connectivity index (χ1v) is 9.36. The Balaban J connectivity index is 1.55. The third-order valence-corrected chi connectivity index (χ3v) is 6.33. The van der Waals surface area contributed by atoms with E-state index in [2.05, 4.69) is 6.92 Å². The molecule has 4 heteroatoms. The van der Waals surface area contributed by atoms with Crippen molar-refractivity contribution in [1.29, 1.82) is 0 Å². The molecule has 2 bridgehead atoms. The highest BCUT2D eigenvalue weighted by atomic mass is 19.1. The molecule has 1 atom stereocenters. The summed E-state index contributed by atoms with van der Waals surface area (Å²) in [6, 6.07) is 5.05. The zero-order valence-corrected chi connectivity index (χ0v) is 14.5. The molecular formula is C20H27FO3. The summed E-state index contributed by atoms with van der Waals surface area (Å²) in [5.41, 5.74) is 0.951. The summed E-state index contributed by atoms with van der Waals surface area (Å²) in [5.74, 6) is 0.307. The summed E-state index contributed by atoms with van der Waals surface area (Å²) < 4.78 is 32.0. The molecule has 0 radical (unpaired) electrons. The molecule has 132 valence electrons. The van der Waals surface area contributed by atoms with E-state index in [9.17, 15) is 4.39 Å². The molecule has 3 saturated heterocycles. The number of ether oxygens (including phenoxy) is 3. The Kier molecular flexibility index (Phi) is 4.29. The van der Waals surface area contributed by atoms with Crippen molar-refractivity contribution in [3.8, 4) is 5.75 Å². The van der Waals surface area contributed by atoms with Gasteiger partial charge in [-0.1, -0.05) is 6.92 Å². The molecule has 3 aliphatic heterocycles. The average Bonchev–Trinajstić information content (AvgIpc) is 2.64. The Bertz CT molecular complexity index is 570. The van der Waals surface area contributed by atoms with Crippen molar-refractivity contribution in [2.24, 2.45) is 5.41 Å². The van der Waals surface area contributed by atoms with Gasteiger partial charge in [-0.25, -0.2) is 4.39 Å². The first-order chi connectivity index (χ1) is 11.6. The average molecular weight is 334 g/mol. The Labute approximate surface area is 143 Å². The van der Waals surface area contributed by atoms with E-state index >= 15 is 0 Å². The molecule has 1 aromatic rings. The van der Waals surface area contributed by atoms with Gasteiger partial charge in [-0.15, -0.1) is 0 Å². The number of hydrogen-bond acceptors (Lipinski definition) is 3. The minimum absolute atomic E-state index is 0.253. The van der Waals surface area contributed by atoms with Gasteiger partial charge in [0.05, 0.1) is 18.8 Å². The molecule has 5 rings (SSSR count). The van der Waals surface area contributed by atoms with Crippen LogP contribution in [0.3, 0.4) is 0 Å². The van der Waals surface area contributed by atoms with Crippen LogP contribution in [-0.2, 0) is 15.1 Å². The van der Waals surface area contributed by atoms with Crippen molar-refractivity contribution in [2.45, 2.75) is 70.2 Å². The molecule has 3 heterocycles. The second kappa shape index (κ2) is 6.30. The number of rotatable bonds is 4. The fourth-order valence-electron chi connectivity index (χ4n) is 4.44. The Hall–Kier alpha value is -1.13. The fraction of sp³-hybridized carbons (Fsp3) is 0.700. The highest BCUT2D eigenvalue weighted by molar-refractivity contribution is 5.34. The highest BCUT2D eigenvalue weighted by Crippen LogP contribution is 2.55. The number of halogens is 1. The van der Waals surface area contributed by atoms with Gasteiger partial charge in [0, 0.05) is 12.5 Å². The quantitative estimate of drug-likeness (QED) is 0.781. The standard InChI is InChI=1S/C20H27FO3/c1-2-19-6-8-20(9-7-19,23-14-19)15-11-16(21)13-17(12-15)24-18-5-3-4-10-22-18/h11-13,18H,2-10,14H2,1H3. The number of fused-ring (bicyclic) bond motifs is 3. The molecule has 0 N–H and O–H groups in total. The summed E-state index contributed by atoms with van der Waals surface area (Å²) in [6.07, 6.45) is 8.24. The first kappa shape index (κ1) is 16.3. The van der Waals surface area contributed by atoms with Gasteiger partial charge in [0.15, 0.2) is 6.29 Å². The number of hydrogen-bond donors (Lipinski definition) is 0. The zero-order chi connectivity index (χ0) is 16.6. The lowest BCUT2D eigenvalue weighted by Gasteiger charge is -2.53. The summed E-state index contributed by atoms with van der Waals surface area (Å²) >= 11 is 0. The van der Waals surface area contributed by atoms with Crippen molar-refractivity contribution in [3.63, 3.8) is 0 Å². The fourth-order valence-corrected chi connectivity index (χ4v) is 4.44. The normalized spacial score (nSPS) is 35.8. The monoisotopic (exact) mass is 334 g/mol. The van der Waals surface area contributed by atoms with Gasteiger partial charge in [0.1, 0.15) is 11.6 Å². The second-order valence-corrected chi connectivity index (χ2v) is 7.73. The van der Waals surface area contributed by atoms with Gasteiger partial charge >= 0.3 is 0 Å². The maximum atomic E-state index is 14.2. The SMILES string of the molecule is CCC12CCC(c3cc(F)cc(OC4CCCCO4)c3)(CC1)OC2. The maximum absolute atomic E-state index is 14.2. The van der Waals surface area contributed by atoms with Gasteiger partial charge in [0.25, 0.3) is 0 Å². The van der Waals surface area contributed by atoms with E-state index in [1.54, 1.807) is 6.07 Å². The van der Waals surface area contributed by atoms with Gasteiger partial charge < -0.3 is 14.2 Å². The van der Waals surface area contributed by atoms with Crippen molar-refractivity contribution < 1.29 is 18.6 Å². The molecule has 1 aliphatic carbocycles. The van der Waals surface area contributed by atoms with Gasteiger partial charge in [-0.3, -0.25) is 0 Å². The third kappa shape index (κ3) is 2.95. The van der Waals surface area contributed by atoms with Gasteiger partial charge in [0.2, 0.25) is 0 Å². The molecule has 0 spiro atoms. The van der Waals surface area contributed by atoms with E-state index in [1.807, 2.05) is 6.07 Å². The van der Waals surface area contributed by atoms with E-state index in [4.69, 9.17) is 14.2 Å². The van der Waals surface area contributed by atoms with E-state index in [0.717, 1.165) is 50.9 Å². The van der Waals surface area contributed by atoms with Crippen molar-refractivity contribution in [2.75, 3.05) is 13.2 Å². The Morgan fingerprint density at radius 1 is 1.17 bits per heavy atom. The smallest absolute Gasteiger partial charge is 0.199 e. The van der Waals surface area contributed by atoms with E-state index in [0.29, 0.717) is 11.2 Å². The van der Waals surface area contributed by atoms with Crippen LogP contribution in [0.5, 0.6) is 5.75 Å². The zero-order valence-electron chi connectivity index (χ0n) is 14.5. The summed E-state index contributed by atoms with van der Waals surface area (Å²) in [4.78, 5) is 0. The Morgan fingerprint density at radius 3 is 2.62 bits per heavy atom. The lowest BCUT2D eigenvalue weighted by molar-refractivity contribution is -0.190. The van der Waals surface area contributed by atoms with Crippen molar-refractivity contribution in [1.82, 2.24) is 0 Å². The lowest BCUT2D eigenvalue weighted by atomic mass is 9.63. The van der Waals surface area contributed by atoms with Crippen LogP contribution in [-0.4, -0.2) is 19.5 Å². The van der Waals surface area contributed by atoms with Crippen molar-refractivity contribution >= 4 is 0 Å². The molecule has 0 aromatic heterocycles. The molecule has 4 fully saturated rings. The van der Waals surface area contributed by atoms with Crippen LogP contribution < -0.4 is 4.74 Å². The van der Waals surface area contributed by atoms with Crippen LogP contribution in [0, 0.1) is 11.2 Å². The van der Waals surface area contributed by atoms with Gasteiger partial charge in [-0.05, 0) is 68.1 Å². The van der Waals surface area contributed by atoms with Crippen LogP contribution in [0.4, 0.5) is 4.39 Å². The van der Waals surface area contributed by atoms with Crippen LogP contribution in [0.1, 0.15) is 63.9 Å². The van der Waals surface area contributed by atoms with E-state index in [1.165, 1.54) is 25.3 Å². The molecule has 1 unspecified atom stereocenters. The van der Waals surface area contributed by atoms with Crippen molar-refractivity contribution in [3.05, 3.63) is 29.6 Å². The second-order valence-electron chi connectivity index (χ2n) is 7.73. The van der Waals surface area contributed by atoms with Crippen LogP contribution >= 0.6 is 0 Å². The first-order valence-electron chi connectivity index (χ1n) is 9.36.